The Labute approximate surface area is 263 Å². The second-order valence-corrected chi connectivity index (χ2v) is 13.1. The number of benzene rings is 4. The molecule has 0 aromatic heterocycles. The molecule has 1 atom stereocenters. The van der Waals surface area contributed by atoms with Gasteiger partial charge in [0, 0.05) is 24.0 Å². The van der Waals surface area contributed by atoms with E-state index in [0.717, 1.165) is 39.7 Å². The first-order chi connectivity index (χ1) is 20.9. The smallest absolute Gasteiger partial charge is 0.264 e. The van der Waals surface area contributed by atoms with Crippen LogP contribution in [0, 0.1) is 12.7 Å². The van der Waals surface area contributed by atoms with Crippen molar-refractivity contribution >= 4 is 39.1 Å². The van der Waals surface area contributed by atoms with Crippen molar-refractivity contribution in [3.05, 3.63) is 131 Å². The Balaban J connectivity index is 1.79. The first kappa shape index (κ1) is 32.7. The minimum atomic E-state index is -4.31. The molecule has 2 amide bonds. The number of carbonyl (C=O) groups is 2. The molecule has 0 aliphatic rings. The van der Waals surface area contributed by atoms with Crippen LogP contribution in [0.3, 0.4) is 0 Å². The Bertz CT molecular complexity index is 1660. The summed E-state index contributed by atoms with van der Waals surface area (Å²) in [4.78, 5) is 29.3. The van der Waals surface area contributed by atoms with Crippen LogP contribution in [-0.4, -0.2) is 43.8 Å². The monoisotopic (exact) mass is 635 g/mol. The molecule has 1 N–H and O–H groups in total. The van der Waals surface area contributed by atoms with Crippen LogP contribution in [0.1, 0.15) is 30.5 Å². The molecule has 230 valence electrons. The number of sulfonamides is 1. The third-order valence-electron chi connectivity index (χ3n) is 6.97. The molecule has 4 aromatic rings. The lowest BCUT2D eigenvalue weighted by Crippen LogP contribution is -2.54. The summed E-state index contributed by atoms with van der Waals surface area (Å²) in [5.41, 5.74) is 2.70. The number of halogens is 2. The average Bonchev–Trinajstić information content (AvgIpc) is 2.99. The molecule has 0 spiro atoms. The van der Waals surface area contributed by atoms with E-state index < -0.39 is 34.3 Å². The largest absolute Gasteiger partial charge is 0.352 e. The van der Waals surface area contributed by atoms with Crippen LogP contribution in [-0.2, 0) is 32.6 Å². The second kappa shape index (κ2) is 14.5. The molecule has 0 heterocycles. The van der Waals surface area contributed by atoms with E-state index in [1.807, 2.05) is 51.1 Å². The SMILES string of the molecule is Cc1ccc(N(CC(=O)N(Cc2ccc(Cl)cc2)C(Cc2ccccc2)C(=O)NC(C)C)S(=O)(=O)c2ccc(F)cc2)cc1. The zero-order valence-corrected chi connectivity index (χ0v) is 26.4. The van der Waals surface area contributed by atoms with Crippen molar-refractivity contribution in [3.8, 4) is 0 Å². The van der Waals surface area contributed by atoms with E-state index in [0.29, 0.717) is 10.6 Å². The first-order valence-electron chi connectivity index (χ1n) is 14.2. The van der Waals surface area contributed by atoms with E-state index >= 15 is 0 Å². The average molecular weight is 636 g/mol. The normalized spacial score (nSPS) is 12.0. The van der Waals surface area contributed by atoms with Crippen LogP contribution in [0.25, 0.3) is 0 Å². The number of amides is 2. The molecule has 0 fully saturated rings. The molecule has 10 heteroatoms. The Kier molecular flexibility index (Phi) is 10.8. The zero-order chi connectivity index (χ0) is 31.9. The topological polar surface area (TPSA) is 86.8 Å². The summed E-state index contributed by atoms with van der Waals surface area (Å²) < 4.78 is 42.6. The van der Waals surface area contributed by atoms with E-state index in [-0.39, 0.29) is 35.5 Å². The van der Waals surface area contributed by atoms with Gasteiger partial charge in [-0.2, -0.15) is 0 Å². The minimum Gasteiger partial charge on any atom is -0.352 e. The highest BCUT2D eigenvalue weighted by Crippen LogP contribution is 2.26. The lowest BCUT2D eigenvalue weighted by molar-refractivity contribution is -0.140. The van der Waals surface area contributed by atoms with Crippen molar-refractivity contribution in [1.29, 1.82) is 0 Å². The fourth-order valence-corrected chi connectivity index (χ4v) is 6.23. The molecule has 0 saturated heterocycles. The van der Waals surface area contributed by atoms with Gasteiger partial charge in [-0.25, -0.2) is 12.8 Å². The highest BCUT2D eigenvalue weighted by atomic mass is 35.5. The molecule has 0 bridgehead atoms. The van der Waals surface area contributed by atoms with E-state index in [1.165, 1.54) is 4.90 Å². The maximum Gasteiger partial charge on any atom is 0.264 e. The summed E-state index contributed by atoms with van der Waals surface area (Å²) in [6.07, 6.45) is 0.202. The summed E-state index contributed by atoms with van der Waals surface area (Å²) in [5, 5.41) is 3.44. The van der Waals surface area contributed by atoms with Crippen LogP contribution < -0.4 is 9.62 Å². The fourth-order valence-electron chi connectivity index (χ4n) is 4.69. The standard InChI is InChI=1S/C34H35ClFN3O4S/c1-24(2)37-34(41)32(21-26-7-5-4-6-8-26)38(22-27-11-13-28(35)14-12-27)33(40)23-39(30-17-9-25(3)10-18-30)44(42,43)31-19-15-29(36)16-20-31/h4-20,24,32H,21-23H2,1-3H3,(H,37,41). The van der Waals surface area contributed by atoms with Gasteiger partial charge in [-0.1, -0.05) is 71.8 Å². The summed E-state index contributed by atoms with van der Waals surface area (Å²) in [7, 11) is -4.31. The van der Waals surface area contributed by atoms with Crippen molar-refractivity contribution in [2.45, 2.75) is 50.7 Å². The maximum absolute atomic E-state index is 14.4. The molecule has 0 radical (unpaired) electrons. The summed E-state index contributed by atoms with van der Waals surface area (Å²) >= 11 is 6.11. The Hall–Kier alpha value is -4.21. The van der Waals surface area contributed by atoms with Crippen molar-refractivity contribution in [3.63, 3.8) is 0 Å². The first-order valence-corrected chi connectivity index (χ1v) is 16.0. The minimum absolute atomic E-state index is 0.0252. The molecule has 44 heavy (non-hydrogen) atoms. The van der Waals surface area contributed by atoms with Crippen LogP contribution in [0.4, 0.5) is 10.1 Å². The van der Waals surface area contributed by atoms with E-state index in [1.54, 1.807) is 48.5 Å². The molecule has 1 unspecified atom stereocenters. The van der Waals surface area contributed by atoms with Crippen molar-refractivity contribution < 1.29 is 22.4 Å². The predicted octanol–water partition coefficient (Wildman–Crippen LogP) is 6.15. The van der Waals surface area contributed by atoms with Gasteiger partial charge < -0.3 is 10.2 Å². The van der Waals surface area contributed by atoms with E-state index in [9.17, 15) is 22.4 Å². The van der Waals surface area contributed by atoms with Crippen molar-refractivity contribution in [2.24, 2.45) is 0 Å². The predicted molar refractivity (Wildman–Crippen MR) is 171 cm³/mol. The summed E-state index contributed by atoms with van der Waals surface area (Å²) in [6.45, 7) is 4.95. The quantitative estimate of drug-likeness (QED) is 0.202. The van der Waals surface area contributed by atoms with Crippen LogP contribution in [0.15, 0.2) is 108 Å². The fraction of sp³-hybridized carbons (Fsp3) is 0.235. The molecular formula is C34H35ClFN3O4S. The zero-order valence-electron chi connectivity index (χ0n) is 24.8. The Morgan fingerprint density at radius 3 is 2.05 bits per heavy atom. The van der Waals surface area contributed by atoms with Crippen LogP contribution in [0.5, 0.6) is 0 Å². The van der Waals surface area contributed by atoms with Gasteiger partial charge in [0.05, 0.1) is 10.6 Å². The van der Waals surface area contributed by atoms with Gasteiger partial charge in [0.1, 0.15) is 18.4 Å². The number of nitrogens with one attached hydrogen (secondary N) is 1. The third-order valence-corrected chi connectivity index (χ3v) is 9.01. The van der Waals surface area contributed by atoms with E-state index in [2.05, 4.69) is 5.32 Å². The third kappa shape index (κ3) is 8.45. The van der Waals surface area contributed by atoms with Gasteiger partial charge in [-0.3, -0.25) is 13.9 Å². The summed E-state index contributed by atoms with van der Waals surface area (Å²) in [6, 6.07) is 26.2. The lowest BCUT2D eigenvalue weighted by Gasteiger charge is -2.34. The second-order valence-electron chi connectivity index (χ2n) is 10.8. The number of hydrogen-bond acceptors (Lipinski definition) is 4. The molecule has 7 nitrogen and oxygen atoms in total. The number of nitrogens with zero attached hydrogens (tertiary/aromatic N) is 2. The molecule has 4 rings (SSSR count). The number of aryl methyl sites for hydroxylation is 1. The van der Waals surface area contributed by atoms with Crippen molar-refractivity contribution in [1.82, 2.24) is 10.2 Å². The number of rotatable bonds is 12. The highest BCUT2D eigenvalue weighted by Gasteiger charge is 2.34. The Morgan fingerprint density at radius 1 is 0.841 bits per heavy atom. The molecule has 4 aromatic carbocycles. The van der Waals surface area contributed by atoms with Gasteiger partial charge in [-0.15, -0.1) is 0 Å². The van der Waals surface area contributed by atoms with Crippen LogP contribution >= 0.6 is 11.6 Å². The number of carbonyl (C=O) groups excluding carboxylic acids is 2. The lowest BCUT2D eigenvalue weighted by atomic mass is 10.0. The van der Waals surface area contributed by atoms with Gasteiger partial charge in [0.15, 0.2) is 0 Å². The molecule has 0 saturated carbocycles. The van der Waals surface area contributed by atoms with Crippen molar-refractivity contribution in [2.75, 3.05) is 10.8 Å². The maximum atomic E-state index is 14.4. The number of hydrogen-bond donors (Lipinski definition) is 1. The number of anilines is 1. The summed E-state index contributed by atoms with van der Waals surface area (Å²) in [5.74, 6) is -1.54. The van der Waals surface area contributed by atoms with Crippen LogP contribution in [0.2, 0.25) is 5.02 Å². The molecule has 0 aliphatic carbocycles. The molecule has 0 aliphatic heterocycles. The van der Waals surface area contributed by atoms with Gasteiger partial charge in [-0.05, 0) is 80.4 Å². The van der Waals surface area contributed by atoms with Gasteiger partial charge >= 0.3 is 0 Å². The highest BCUT2D eigenvalue weighted by molar-refractivity contribution is 7.92. The van der Waals surface area contributed by atoms with E-state index in [4.69, 9.17) is 11.6 Å². The van der Waals surface area contributed by atoms with Gasteiger partial charge in [0.2, 0.25) is 11.8 Å². The molecular weight excluding hydrogens is 601 g/mol. The van der Waals surface area contributed by atoms with Gasteiger partial charge in [0.25, 0.3) is 10.0 Å². The Morgan fingerprint density at radius 2 is 1.45 bits per heavy atom.